The van der Waals surface area contributed by atoms with Gasteiger partial charge in [-0.25, -0.2) is 0 Å². The Hall–Kier alpha value is -3.50. The molecule has 156 valence electrons. The fourth-order valence-corrected chi connectivity index (χ4v) is 6.24. The molecular formula is C28H21NO2S. The number of carbonyl (C=O) groups is 2. The molecule has 0 saturated carbocycles. The topological polar surface area (TPSA) is 37.4 Å². The number of carbonyl (C=O) groups excluding carboxylic acids is 2. The molecule has 3 nitrogen and oxygen atoms in total. The van der Waals surface area contributed by atoms with Gasteiger partial charge >= 0.3 is 0 Å². The lowest BCUT2D eigenvalue weighted by atomic mass is 9.75. The molecule has 0 radical (unpaired) electrons. The molecule has 0 spiro atoms. The number of hydrogen-bond acceptors (Lipinski definition) is 4. The van der Waals surface area contributed by atoms with Gasteiger partial charge in [0.25, 0.3) is 0 Å². The summed E-state index contributed by atoms with van der Waals surface area (Å²) in [6, 6.07) is 22.1. The van der Waals surface area contributed by atoms with E-state index in [1.807, 2.05) is 36.4 Å². The summed E-state index contributed by atoms with van der Waals surface area (Å²) in [6.07, 6.45) is 1.78. The fourth-order valence-electron chi connectivity index (χ4n) is 5.00. The average molecular weight is 436 g/mol. The Morgan fingerprint density at radius 2 is 1.41 bits per heavy atom. The lowest BCUT2D eigenvalue weighted by molar-refractivity contribution is 0.0990. The van der Waals surface area contributed by atoms with Crippen LogP contribution in [0.1, 0.15) is 50.6 Å². The van der Waals surface area contributed by atoms with Crippen LogP contribution in [0.15, 0.2) is 72.3 Å². The molecule has 0 amide bonds. The third kappa shape index (κ3) is 2.53. The number of para-hydroxylation sites is 1. The van der Waals surface area contributed by atoms with Crippen molar-refractivity contribution in [1.29, 1.82) is 0 Å². The predicted molar refractivity (Wildman–Crippen MR) is 132 cm³/mol. The van der Waals surface area contributed by atoms with Gasteiger partial charge in [-0.3, -0.25) is 9.59 Å². The Kier molecular flexibility index (Phi) is 3.90. The van der Waals surface area contributed by atoms with Gasteiger partial charge in [0, 0.05) is 34.2 Å². The molecule has 0 bridgehead atoms. The number of anilines is 2. The summed E-state index contributed by atoms with van der Waals surface area (Å²) in [5, 5.41) is 3.10. The van der Waals surface area contributed by atoms with Crippen molar-refractivity contribution in [2.75, 3.05) is 11.9 Å². The van der Waals surface area contributed by atoms with Crippen molar-refractivity contribution in [3.05, 3.63) is 99.4 Å². The molecule has 1 aliphatic carbocycles. The zero-order chi connectivity index (χ0) is 22.2. The maximum Gasteiger partial charge on any atom is 0.197 e. The number of benzene rings is 3. The van der Waals surface area contributed by atoms with Crippen LogP contribution < -0.4 is 4.90 Å². The van der Waals surface area contributed by atoms with Crippen molar-refractivity contribution in [2.24, 2.45) is 0 Å². The van der Waals surface area contributed by atoms with E-state index in [0.717, 1.165) is 20.7 Å². The molecule has 4 aromatic rings. The van der Waals surface area contributed by atoms with Crippen LogP contribution in [0.4, 0.5) is 10.7 Å². The quantitative estimate of drug-likeness (QED) is 0.244. The molecule has 3 aromatic carbocycles. The van der Waals surface area contributed by atoms with Crippen LogP contribution in [-0.4, -0.2) is 18.6 Å². The Balaban J connectivity index is 1.46. The number of Topliss-reactive ketones (excluding diaryl/α,β-unsaturated/α-hetero) is 2. The third-order valence-corrected chi connectivity index (χ3v) is 7.96. The highest BCUT2D eigenvalue weighted by Crippen LogP contribution is 2.52. The van der Waals surface area contributed by atoms with E-state index in [0.29, 0.717) is 11.1 Å². The van der Waals surface area contributed by atoms with Crippen LogP contribution in [0, 0.1) is 0 Å². The summed E-state index contributed by atoms with van der Waals surface area (Å²) < 4.78 is 0. The predicted octanol–water partition coefficient (Wildman–Crippen LogP) is 6.77. The maximum atomic E-state index is 13.2. The molecule has 1 aliphatic heterocycles. The highest BCUT2D eigenvalue weighted by molar-refractivity contribution is 7.17. The van der Waals surface area contributed by atoms with Gasteiger partial charge in [0.1, 0.15) is 0 Å². The van der Waals surface area contributed by atoms with Crippen LogP contribution in [0.3, 0.4) is 0 Å². The Bertz CT molecular complexity index is 1450. The average Bonchev–Trinajstić information content (AvgIpc) is 3.33. The van der Waals surface area contributed by atoms with E-state index >= 15 is 0 Å². The van der Waals surface area contributed by atoms with Crippen LogP contribution in [0.5, 0.6) is 0 Å². The number of thiophene rings is 1. The van der Waals surface area contributed by atoms with E-state index in [1.165, 1.54) is 16.8 Å². The molecule has 2 aliphatic rings. The monoisotopic (exact) mass is 435 g/mol. The summed E-state index contributed by atoms with van der Waals surface area (Å²) in [5.41, 5.74) is 4.80. The minimum absolute atomic E-state index is 0.157. The molecule has 0 unspecified atom stereocenters. The molecule has 0 atom stereocenters. The van der Waals surface area contributed by atoms with Crippen LogP contribution in [0.2, 0.25) is 0 Å². The van der Waals surface area contributed by atoms with E-state index in [2.05, 4.69) is 56.1 Å². The van der Waals surface area contributed by atoms with Crippen LogP contribution >= 0.6 is 11.3 Å². The van der Waals surface area contributed by atoms with Crippen molar-refractivity contribution in [3.8, 4) is 0 Å². The lowest BCUT2D eigenvalue weighted by Gasteiger charge is -2.38. The first-order valence-corrected chi connectivity index (χ1v) is 11.5. The van der Waals surface area contributed by atoms with Gasteiger partial charge < -0.3 is 4.90 Å². The zero-order valence-electron chi connectivity index (χ0n) is 18.1. The lowest BCUT2D eigenvalue weighted by Crippen LogP contribution is -2.29. The van der Waals surface area contributed by atoms with Gasteiger partial charge in [-0.15, -0.1) is 11.3 Å². The number of fused-ring (bicyclic) bond motifs is 4. The van der Waals surface area contributed by atoms with E-state index in [4.69, 9.17) is 0 Å². The standard InChI is InChI=1S/C28H21NO2S/c1-28(2)22-10-6-7-11-24(22)29(3)27-23(28)15-18(32-27)14-21-25(30)19-12-16-8-4-5-9-17(16)13-20(19)26(21)31/h4-15H,1-3H3. The maximum absolute atomic E-state index is 13.2. The van der Waals surface area contributed by atoms with Gasteiger partial charge in [-0.05, 0) is 52.2 Å². The molecule has 32 heavy (non-hydrogen) atoms. The highest BCUT2D eigenvalue weighted by Gasteiger charge is 2.37. The minimum Gasteiger partial charge on any atom is -0.336 e. The summed E-state index contributed by atoms with van der Waals surface area (Å²) in [7, 11) is 2.08. The van der Waals surface area contributed by atoms with Gasteiger partial charge in [-0.1, -0.05) is 56.3 Å². The smallest absolute Gasteiger partial charge is 0.197 e. The molecule has 1 aromatic heterocycles. The first-order valence-electron chi connectivity index (χ1n) is 10.7. The summed E-state index contributed by atoms with van der Waals surface area (Å²) in [5.74, 6) is -0.365. The summed E-state index contributed by atoms with van der Waals surface area (Å²) in [4.78, 5) is 29.5. The molecule has 0 saturated heterocycles. The summed E-state index contributed by atoms with van der Waals surface area (Å²) in [6.45, 7) is 4.46. The van der Waals surface area contributed by atoms with E-state index in [1.54, 1.807) is 17.4 Å². The Morgan fingerprint density at radius 3 is 2.06 bits per heavy atom. The summed E-state index contributed by atoms with van der Waals surface area (Å²) >= 11 is 1.63. The van der Waals surface area contributed by atoms with Crippen molar-refractivity contribution in [2.45, 2.75) is 19.3 Å². The van der Waals surface area contributed by atoms with E-state index < -0.39 is 0 Å². The van der Waals surface area contributed by atoms with Crippen molar-refractivity contribution in [3.63, 3.8) is 0 Å². The second-order valence-corrected chi connectivity index (χ2v) is 10.1. The van der Waals surface area contributed by atoms with Crippen LogP contribution in [0.25, 0.3) is 16.8 Å². The van der Waals surface area contributed by atoms with Gasteiger partial charge in [0.15, 0.2) is 11.6 Å². The van der Waals surface area contributed by atoms with E-state index in [9.17, 15) is 9.59 Å². The molecule has 0 N–H and O–H groups in total. The molecule has 2 heterocycles. The second kappa shape index (κ2) is 6.50. The molecule has 4 heteroatoms. The number of hydrogen-bond donors (Lipinski definition) is 0. The molecule has 0 fully saturated rings. The van der Waals surface area contributed by atoms with Crippen molar-refractivity contribution < 1.29 is 9.59 Å². The van der Waals surface area contributed by atoms with Gasteiger partial charge in [0.05, 0.1) is 10.6 Å². The SMILES string of the molecule is CN1c2ccccc2C(C)(C)c2cc(C=C3C(=O)c4cc5ccccc5cc4C3=O)sc21. The van der Waals surface area contributed by atoms with Crippen LogP contribution in [-0.2, 0) is 5.41 Å². The minimum atomic E-state index is -0.182. The fraction of sp³-hybridized carbons (Fsp3) is 0.143. The molecule has 6 rings (SSSR count). The largest absolute Gasteiger partial charge is 0.336 e. The normalized spacial score (nSPS) is 16.2. The van der Waals surface area contributed by atoms with Crippen molar-refractivity contribution in [1.82, 2.24) is 0 Å². The number of rotatable bonds is 1. The highest BCUT2D eigenvalue weighted by atomic mass is 32.1. The third-order valence-electron chi connectivity index (χ3n) is 6.80. The van der Waals surface area contributed by atoms with Crippen molar-refractivity contribution >= 4 is 50.4 Å². The second-order valence-electron chi connectivity index (χ2n) is 9.03. The number of nitrogens with zero attached hydrogens (tertiary/aromatic N) is 1. The van der Waals surface area contributed by atoms with Gasteiger partial charge in [0.2, 0.25) is 0 Å². The zero-order valence-corrected chi connectivity index (χ0v) is 18.9. The first-order chi connectivity index (χ1) is 15.4. The first kappa shape index (κ1) is 19.2. The van der Waals surface area contributed by atoms with Gasteiger partial charge in [-0.2, -0.15) is 0 Å². The number of ketones is 2. The Labute approximate surface area is 190 Å². The Morgan fingerprint density at radius 1 is 0.812 bits per heavy atom. The number of allylic oxidation sites excluding steroid dienone is 1. The molecular weight excluding hydrogens is 414 g/mol. The van der Waals surface area contributed by atoms with E-state index in [-0.39, 0.29) is 22.6 Å².